The van der Waals surface area contributed by atoms with Crippen molar-refractivity contribution in [1.29, 1.82) is 0 Å². The summed E-state index contributed by atoms with van der Waals surface area (Å²) in [6.07, 6.45) is 4.86. The van der Waals surface area contributed by atoms with Gasteiger partial charge in [-0.1, -0.05) is 25.0 Å². The molecule has 0 aliphatic carbocycles. The first-order valence-electron chi connectivity index (χ1n) is 15.5. The number of aromatic nitrogens is 2. The number of carbonyl (C=O) groups excluding carboxylic acids is 1. The van der Waals surface area contributed by atoms with Gasteiger partial charge in [0.05, 0.1) is 25.9 Å². The first-order chi connectivity index (χ1) is 21.6. The number of aliphatic carboxylic acids is 1. The minimum atomic E-state index is -1.06. The van der Waals surface area contributed by atoms with Gasteiger partial charge in [0.1, 0.15) is 34.8 Å². The molecule has 45 heavy (non-hydrogen) atoms. The van der Waals surface area contributed by atoms with Crippen molar-refractivity contribution in [3.8, 4) is 11.5 Å². The van der Waals surface area contributed by atoms with Gasteiger partial charge in [0.15, 0.2) is 6.61 Å². The van der Waals surface area contributed by atoms with Gasteiger partial charge >= 0.3 is 12.1 Å². The monoisotopic (exact) mass is 623 g/mol. The zero-order valence-electron chi connectivity index (χ0n) is 26.6. The number of hydrogen-bond donors (Lipinski definition) is 3. The molecule has 0 spiro atoms. The molecule has 1 fully saturated rings. The predicted octanol–water partition coefficient (Wildman–Crippen LogP) is 5.57. The highest BCUT2D eigenvalue weighted by Gasteiger charge is 2.19. The summed E-state index contributed by atoms with van der Waals surface area (Å²) in [5.74, 6) is 0.745. The third-order valence-electron chi connectivity index (χ3n) is 7.14. The van der Waals surface area contributed by atoms with E-state index in [1.807, 2.05) is 64.1 Å². The number of benzene rings is 2. The van der Waals surface area contributed by atoms with Gasteiger partial charge in [0.25, 0.3) is 0 Å². The van der Waals surface area contributed by atoms with E-state index in [1.165, 1.54) is 6.33 Å². The Bertz CT molecular complexity index is 1420. The number of rotatable bonds is 15. The number of carboxylic acids is 1. The van der Waals surface area contributed by atoms with Crippen molar-refractivity contribution in [1.82, 2.24) is 15.3 Å². The molecule has 1 aliphatic heterocycles. The molecule has 12 heteroatoms. The molecule has 1 unspecified atom stereocenters. The number of nitrogens with zero attached hydrogens (tertiary/aromatic N) is 3. The van der Waals surface area contributed by atoms with E-state index in [2.05, 4.69) is 25.5 Å². The van der Waals surface area contributed by atoms with Crippen molar-refractivity contribution in [2.45, 2.75) is 65.0 Å². The standard InChI is InChI=1S/C33H45N5O7/c1-23(24-10-9-11-26(18-24)43-15-8-6-5-7-12-34-32(41)45-33(2,3)4)37-31-27-19-25(38-13-16-42-17-14-38)20-28(44-21-29(39)40)30(27)35-22-36-31/h9-11,18-20,22-23H,5-8,12-17,21H2,1-4H3,(H,34,41)(H,39,40)(H,35,36,37). The van der Waals surface area contributed by atoms with Crippen molar-refractivity contribution in [3.63, 3.8) is 0 Å². The maximum absolute atomic E-state index is 11.7. The Labute approximate surface area is 264 Å². The van der Waals surface area contributed by atoms with Crippen LogP contribution < -0.4 is 25.0 Å². The Morgan fingerprint density at radius 1 is 1.04 bits per heavy atom. The van der Waals surface area contributed by atoms with Crippen LogP contribution in [0.5, 0.6) is 11.5 Å². The van der Waals surface area contributed by atoms with Crippen LogP contribution in [0.15, 0.2) is 42.7 Å². The van der Waals surface area contributed by atoms with Gasteiger partial charge in [-0.25, -0.2) is 19.6 Å². The largest absolute Gasteiger partial charge is 0.494 e. The van der Waals surface area contributed by atoms with Gasteiger partial charge in [-0.3, -0.25) is 0 Å². The van der Waals surface area contributed by atoms with Crippen molar-refractivity contribution in [2.75, 3.05) is 56.3 Å². The lowest BCUT2D eigenvalue weighted by Crippen LogP contribution is -2.36. The highest BCUT2D eigenvalue weighted by molar-refractivity contribution is 5.96. The number of anilines is 2. The zero-order chi connectivity index (χ0) is 32.2. The topological polar surface area (TPSA) is 144 Å². The molecule has 4 rings (SSSR count). The summed E-state index contributed by atoms with van der Waals surface area (Å²) in [4.78, 5) is 34.1. The lowest BCUT2D eigenvalue weighted by Gasteiger charge is -2.29. The molecule has 0 radical (unpaired) electrons. The van der Waals surface area contributed by atoms with Crippen LogP contribution in [0.1, 0.15) is 65.0 Å². The van der Waals surface area contributed by atoms with Crippen molar-refractivity contribution < 1.29 is 33.6 Å². The Hall–Kier alpha value is -4.32. The fraction of sp³-hybridized carbons (Fsp3) is 0.515. The SMILES string of the molecule is CC(Nc1ncnc2c(OCC(=O)O)cc(N3CCOCC3)cc12)c1cccc(OCCCCCCNC(=O)OC(C)(C)C)c1. The lowest BCUT2D eigenvalue weighted by atomic mass is 10.1. The number of carbonyl (C=O) groups is 2. The van der Waals surface area contributed by atoms with Gasteiger partial charge in [-0.05, 0) is 64.3 Å². The lowest BCUT2D eigenvalue weighted by molar-refractivity contribution is -0.139. The molecular formula is C33H45N5O7. The second-order valence-corrected chi connectivity index (χ2v) is 12.0. The smallest absolute Gasteiger partial charge is 0.407 e. The van der Waals surface area contributed by atoms with E-state index < -0.39 is 18.2 Å². The van der Waals surface area contributed by atoms with Crippen LogP contribution in [-0.4, -0.2) is 78.8 Å². The van der Waals surface area contributed by atoms with Gasteiger partial charge in [-0.15, -0.1) is 0 Å². The van der Waals surface area contributed by atoms with E-state index in [0.717, 1.165) is 61.2 Å². The van der Waals surface area contributed by atoms with Crippen LogP contribution >= 0.6 is 0 Å². The molecule has 2 aromatic carbocycles. The number of nitrogens with one attached hydrogen (secondary N) is 2. The average molecular weight is 624 g/mol. The fourth-order valence-electron chi connectivity index (χ4n) is 4.93. The Morgan fingerprint density at radius 2 is 1.82 bits per heavy atom. The molecule has 12 nitrogen and oxygen atoms in total. The summed E-state index contributed by atoms with van der Waals surface area (Å²) >= 11 is 0. The molecule has 1 atom stereocenters. The molecule has 1 aliphatic rings. The molecule has 0 bridgehead atoms. The highest BCUT2D eigenvalue weighted by Crippen LogP contribution is 2.35. The summed E-state index contributed by atoms with van der Waals surface area (Å²) in [5.41, 5.74) is 1.97. The number of morpholine rings is 1. The average Bonchev–Trinajstić information content (AvgIpc) is 3.01. The molecule has 3 aromatic rings. The molecule has 244 valence electrons. The van der Waals surface area contributed by atoms with Crippen molar-refractivity contribution in [2.24, 2.45) is 0 Å². The second-order valence-electron chi connectivity index (χ2n) is 12.0. The van der Waals surface area contributed by atoms with Crippen molar-refractivity contribution >= 4 is 34.5 Å². The summed E-state index contributed by atoms with van der Waals surface area (Å²) in [5, 5.41) is 16.3. The maximum atomic E-state index is 11.7. The summed E-state index contributed by atoms with van der Waals surface area (Å²) in [7, 11) is 0. The van der Waals surface area contributed by atoms with E-state index in [9.17, 15) is 14.7 Å². The van der Waals surface area contributed by atoms with E-state index in [0.29, 0.717) is 43.4 Å². The van der Waals surface area contributed by atoms with Crippen LogP contribution in [0.3, 0.4) is 0 Å². The molecule has 3 N–H and O–H groups in total. The summed E-state index contributed by atoms with van der Waals surface area (Å²) < 4.78 is 22.5. The number of ether oxygens (including phenoxy) is 4. The molecular weight excluding hydrogens is 578 g/mol. The minimum absolute atomic E-state index is 0.112. The Balaban J connectivity index is 1.34. The van der Waals surface area contributed by atoms with Gasteiger partial charge in [0, 0.05) is 36.8 Å². The summed E-state index contributed by atoms with van der Waals surface area (Å²) in [6.45, 7) is 11.0. The number of carboxylic acid groups (broad SMARTS) is 1. The maximum Gasteiger partial charge on any atom is 0.407 e. The van der Waals surface area contributed by atoms with Crippen LogP contribution in [0.4, 0.5) is 16.3 Å². The van der Waals surface area contributed by atoms with Crippen LogP contribution in [0.25, 0.3) is 10.9 Å². The van der Waals surface area contributed by atoms with Gasteiger partial charge in [-0.2, -0.15) is 0 Å². The van der Waals surface area contributed by atoms with Crippen molar-refractivity contribution in [3.05, 3.63) is 48.3 Å². The Morgan fingerprint density at radius 3 is 2.58 bits per heavy atom. The predicted molar refractivity (Wildman–Crippen MR) is 172 cm³/mol. The third kappa shape index (κ3) is 10.7. The molecule has 0 saturated carbocycles. The van der Waals surface area contributed by atoms with Gasteiger partial charge < -0.3 is 39.6 Å². The zero-order valence-corrected chi connectivity index (χ0v) is 26.6. The quantitative estimate of drug-likeness (QED) is 0.183. The van der Waals surface area contributed by atoms with E-state index in [-0.39, 0.29) is 12.1 Å². The highest BCUT2D eigenvalue weighted by atomic mass is 16.6. The third-order valence-corrected chi connectivity index (χ3v) is 7.14. The van der Waals surface area contributed by atoms with Crippen LogP contribution in [0, 0.1) is 0 Å². The van der Waals surface area contributed by atoms with E-state index in [1.54, 1.807) is 0 Å². The number of unbranched alkanes of at least 4 members (excludes halogenated alkanes) is 3. The Kier molecular flexibility index (Phi) is 12.0. The van der Waals surface area contributed by atoms with Gasteiger partial charge in [0.2, 0.25) is 0 Å². The number of fused-ring (bicyclic) bond motifs is 1. The second kappa shape index (κ2) is 16.1. The summed E-state index contributed by atoms with van der Waals surface area (Å²) in [6, 6.07) is 11.7. The first kappa shape index (κ1) is 33.6. The van der Waals surface area contributed by atoms with E-state index >= 15 is 0 Å². The normalized spacial score (nSPS) is 14.1. The van der Waals surface area contributed by atoms with Crippen LogP contribution in [-0.2, 0) is 14.3 Å². The number of amides is 1. The van der Waals surface area contributed by atoms with Crippen LogP contribution in [0.2, 0.25) is 0 Å². The minimum Gasteiger partial charge on any atom is -0.494 e. The number of hydrogen-bond acceptors (Lipinski definition) is 10. The molecule has 1 aromatic heterocycles. The molecule has 2 heterocycles. The first-order valence-corrected chi connectivity index (χ1v) is 15.5. The molecule has 1 amide bonds. The molecule has 1 saturated heterocycles. The van der Waals surface area contributed by atoms with E-state index in [4.69, 9.17) is 18.9 Å². The fourth-order valence-corrected chi connectivity index (χ4v) is 4.93. The number of alkyl carbamates (subject to hydrolysis) is 1.